The zero-order chi connectivity index (χ0) is 13.1. The summed E-state index contributed by atoms with van der Waals surface area (Å²) in [5.74, 6) is 0.510. The Balaban J connectivity index is 1.91. The third-order valence-corrected chi connectivity index (χ3v) is 3.91. The number of carbonyl (C=O) groups excluding carboxylic acids is 1. The smallest absolute Gasteiger partial charge is 0.254 e. The van der Waals surface area contributed by atoms with Gasteiger partial charge in [0.05, 0.1) is 11.3 Å². The van der Waals surface area contributed by atoms with E-state index in [4.69, 9.17) is 11.6 Å². The van der Waals surface area contributed by atoms with Crippen LogP contribution in [0.1, 0.15) is 42.2 Å². The molecule has 1 saturated carbocycles. The first-order valence-electron chi connectivity index (χ1n) is 6.55. The second kappa shape index (κ2) is 5.74. The molecule has 1 aromatic rings. The highest BCUT2D eigenvalue weighted by Crippen LogP contribution is 2.28. The number of hydrogen-bond donors (Lipinski definition) is 1. The van der Waals surface area contributed by atoms with E-state index in [0.717, 1.165) is 37.9 Å². The van der Waals surface area contributed by atoms with Crippen LogP contribution in [0.5, 0.6) is 0 Å². The van der Waals surface area contributed by atoms with Gasteiger partial charge < -0.3 is 5.32 Å². The molecule has 0 bridgehead atoms. The molecule has 18 heavy (non-hydrogen) atoms. The fraction of sp³-hybridized carbons (Fsp3) is 0.692. The number of aryl methyl sites for hydroxylation is 2. The Morgan fingerprint density at radius 3 is 3.00 bits per heavy atom. The van der Waals surface area contributed by atoms with E-state index in [1.54, 1.807) is 10.9 Å². The van der Waals surface area contributed by atoms with Crippen LogP contribution in [0.2, 0.25) is 0 Å². The third kappa shape index (κ3) is 3.05. The third-order valence-electron chi connectivity index (χ3n) is 3.51. The molecule has 1 fully saturated rings. The molecule has 2 unspecified atom stereocenters. The Hall–Kier alpha value is -1.03. The molecule has 1 aliphatic rings. The zero-order valence-electron chi connectivity index (χ0n) is 10.9. The Kier molecular flexibility index (Phi) is 4.27. The number of nitrogens with zero attached hydrogens (tertiary/aromatic N) is 2. The van der Waals surface area contributed by atoms with E-state index < -0.39 is 0 Å². The summed E-state index contributed by atoms with van der Waals surface area (Å²) in [7, 11) is 1.84. The minimum Gasteiger partial charge on any atom is -0.352 e. The topological polar surface area (TPSA) is 46.9 Å². The quantitative estimate of drug-likeness (QED) is 0.851. The zero-order valence-corrected chi connectivity index (χ0v) is 11.7. The molecule has 1 amide bonds. The van der Waals surface area contributed by atoms with Crippen molar-refractivity contribution in [2.75, 3.05) is 6.54 Å². The van der Waals surface area contributed by atoms with Gasteiger partial charge in [-0.2, -0.15) is 5.10 Å². The van der Waals surface area contributed by atoms with E-state index in [1.165, 1.54) is 0 Å². The molecule has 2 atom stereocenters. The molecule has 0 aliphatic heterocycles. The molecule has 1 aromatic heterocycles. The Labute approximate surface area is 113 Å². The number of carbonyl (C=O) groups is 1. The molecular weight excluding hydrogens is 250 g/mol. The molecule has 0 spiro atoms. The minimum atomic E-state index is -0.0158. The molecule has 100 valence electrons. The van der Waals surface area contributed by atoms with E-state index in [2.05, 4.69) is 10.4 Å². The summed E-state index contributed by atoms with van der Waals surface area (Å²) < 4.78 is 1.69. The molecule has 1 N–H and O–H groups in total. The predicted octanol–water partition coefficient (Wildman–Crippen LogP) is 2.12. The van der Waals surface area contributed by atoms with E-state index in [1.807, 2.05) is 14.0 Å². The summed E-state index contributed by atoms with van der Waals surface area (Å²) in [6.45, 7) is 2.73. The van der Waals surface area contributed by atoms with Crippen molar-refractivity contribution < 1.29 is 4.79 Å². The summed E-state index contributed by atoms with van der Waals surface area (Å²) in [5, 5.41) is 7.56. The second-order valence-electron chi connectivity index (χ2n) is 5.00. The molecule has 0 aromatic carbocycles. The van der Waals surface area contributed by atoms with Crippen molar-refractivity contribution in [3.05, 3.63) is 17.5 Å². The van der Waals surface area contributed by atoms with Gasteiger partial charge in [-0.25, -0.2) is 0 Å². The maximum absolute atomic E-state index is 12.1. The van der Waals surface area contributed by atoms with Gasteiger partial charge in [0.25, 0.3) is 5.91 Å². The lowest BCUT2D eigenvalue weighted by molar-refractivity contribution is 0.0946. The fourth-order valence-electron chi connectivity index (χ4n) is 2.52. The number of halogens is 1. The van der Waals surface area contributed by atoms with Crippen LogP contribution < -0.4 is 5.32 Å². The van der Waals surface area contributed by atoms with Crippen LogP contribution in [-0.4, -0.2) is 27.6 Å². The highest BCUT2D eigenvalue weighted by molar-refractivity contribution is 6.20. The largest absolute Gasteiger partial charge is 0.352 e. The lowest BCUT2D eigenvalue weighted by Crippen LogP contribution is -2.29. The van der Waals surface area contributed by atoms with Crippen molar-refractivity contribution in [2.45, 2.75) is 38.0 Å². The van der Waals surface area contributed by atoms with E-state index >= 15 is 0 Å². The number of amides is 1. The summed E-state index contributed by atoms with van der Waals surface area (Å²) in [6, 6.07) is 0. The van der Waals surface area contributed by atoms with Gasteiger partial charge in [-0.3, -0.25) is 9.48 Å². The van der Waals surface area contributed by atoms with E-state index in [9.17, 15) is 4.79 Å². The minimum absolute atomic E-state index is 0.0158. The molecule has 1 heterocycles. The van der Waals surface area contributed by atoms with Crippen LogP contribution in [0.25, 0.3) is 0 Å². The van der Waals surface area contributed by atoms with E-state index in [0.29, 0.717) is 11.5 Å². The molecule has 5 heteroatoms. The lowest BCUT2D eigenvalue weighted by atomic mass is 10.1. The SMILES string of the molecule is CCc1nn(C)cc1C(=O)NCC1CCC(Cl)C1. The van der Waals surface area contributed by atoms with Gasteiger partial charge in [0.1, 0.15) is 0 Å². The first-order valence-corrected chi connectivity index (χ1v) is 6.98. The molecule has 0 saturated heterocycles. The Morgan fingerprint density at radius 2 is 2.39 bits per heavy atom. The van der Waals surface area contributed by atoms with Crippen LogP contribution in [0.4, 0.5) is 0 Å². The van der Waals surface area contributed by atoms with Gasteiger partial charge in [-0.15, -0.1) is 11.6 Å². The standard InChI is InChI=1S/C13H20ClN3O/c1-3-12-11(8-17(2)16-12)13(18)15-7-9-4-5-10(14)6-9/h8-10H,3-7H2,1-2H3,(H,15,18). The monoisotopic (exact) mass is 269 g/mol. The maximum atomic E-state index is 12.1. The number of rotatable bonds is 4. The van der Waals surface area contributed by atoms with E-state index in [-0.39, 0.29) is 11.3 Å². The highest BCUT2D eigenvalue weighted by Gasteiger charge is 2.23. The normalized spacial score (nSPS) is 23.3. The molecule has 0 radical (unpaired) electrons. The average Bonchev–Trinajstić information content (AvgIpc) is 2.92. The van der Waals surface area contributed by atoms with Crippen molar-refractivity contribution >= 4 is 17.5 Å². The summed E-state index contributed by atoms with van der Waals surface area (Å²) in [6.07, 6.45) is 5.75. The van der Waals surface area contributed by atoms with Crippen LogP contribution in [-0.2, 0) is 13.5 Å². The van der Waals surface area contributed by atoms with Crippen LogP contribution in [0.3, 0.4) is 0 Å². The van der Waals surface area contributed by atoms with Gasteiger partial charge in [0, 0.05) is 25.2 Å². The first kappa shape index (κ1) is 13.4. The van der Waals surface area contributed by atoms with Gasteiger partial charge >= 0.3 is 0 Å². The Morgan fingerprint density at radius 1 is 1.61 bits per heavy atom. The number of aromatic nitrogens is 2. The lowest BCUT2D eigenvalue weighted by Gasteiger charge is -2.10. The summed E-state index contributed by atoms with van der Waals surface area (Å²) in [5.41, 5.74) is 1.55. The Bertz CT molecular complexity index is 430. The molecule has 2 rings (SSSR count). The van der Waals surface area contributed by atoms with Crippen molar-refractivity contribution in [3.8, 4) is 0 Å². The number of alkyl halides is 1. The summed E-state index contributed by atoms with van der Waals surface area (Å²) in [4.78, 5) is 12.1. The van der Waals surface area contributed by atoms with Crippen molar-refractivity contribution in [2.24, 2.45) is 13.0 Å². The molecular formula is C13H20ClN3O. The summed E-state index contributed by atoms with van der Waals surface area (Å²) >= 11 is 6.06. The van der Waals surface area contributed by atoms with Crippen molar-refractivity contribution in [3.63, 3.8) is 0 Å². The molecule has 1 aliphatic carbocycles. The predicted molar refractivity (Wildman–Crippen MR) is 71.9 cm³/mol. The van der Waals surface area contributed by atoms with Gasteiger partial charge in [-0.1, -0.05) is 6.92 Å². The number of nitrogens with one attached hydrogen (secondary N) is 1. The highest BCUT2D eigenvalue weighted by atomic mass is 35.5. The van der Waals surface area contributed by atoms with Crippen molar-refractivity contribution in [1.82, 2.24) is 15.1 Å². The van der Waals surface area contributed by atoms with Gasteiger partial charge in [-0.05, 0) is 31.6 Å². The maximum Gasteiger partial charge on any atom is 0.254 e. The van der Waals surface area contributed by atoms with Gasteiger partial charge in [0.2, 0.25) is 0 Å². The molecule has 4 nitrogen and oxygen atoms in total. The van der Waals surface area contributed by atoms with Crippen LogP contribution >= 0.6 is 11.6 Å². The number of hydrogen-bond acceptors (Lipinski definition) is 2. The first-order chi connectivity index (χ1) is 8.60. The average molecular weight is 270 g/mol. The van der Waals surface area contributed by atoms with Crippen molar-refractivity contribution in [1.29, 1.82) is 0 Å². The van der Waals surface area contributed by atoms with Crippen LogP contribution in [0.15, 0.2) is 6.20 Å². The second-order valence-corrected chi connectivity index (χ2v) is 5.62. The van der Waals surface area contributed by atoms with Crippen LogP contribution in [0, 0.1) is 5.92 Å². The fourth-order valence-corrected chi connectivity index (χ4v) is 2.89. The van der Waals surface area contributed by atoms with Gasteiger partial charge in [0.15, 0.2) is 0 Å².